The summed E-state index contributed by atoms with van der Waals surface area (Å²) in [6, 6.07) is -1.73. The number of carbonyl (C=O) groups is 4. The van der Waals surface area contributed by atoms with E-state index >= 15 is 0 Å². The first kappa shape index (κ1) is 20.0. The molecule has 2 saturated heterocycles. The largest absolute Gasteiger partial charge is 0.354 e. The summed E-state index contributed by atoms with van der Waals surface area (Å²) in [6.07, 6.45) is 1.34. The minimum absolute atomic E-state index is 0.0276. The Morgan fingerprint density at radius 2 is 2.04 bits per heavy atom. The van der Waals surface area contributed by atoms with E-state index in [1.807, 2.05) is 13.8 Å². The van der Waals surface area contributed by atoms with Gasteiger partial charge in [0.2, 0.25) is 11.8 Å². The molecule has 2 heterocycles. The van der Waals surface area contributed by atoms with Crippen LogP contribution >= 0.6 is 0 Å². The third-order valence-corrected chi connectivity index (χ3v) is 4.52. The molecule has 0 aliphatic carbocycles. The smallest absolute Gasteiger partial charge is 0.317 e. The molecule has 5 amide bonds. The second kappa shape index (κ2) is 8.84. The highest BCUT2D eigenvalue weighted by Gasteiger charge is 2.38. The van der Waals surface area contributed by atoms with Gasteiger partial charge in [-0.05, 0) is 26.7 Å². The number of nitrogens with zero attached hydrogens (tertiary/aromatic N) is 2. The Morgan fingerprint density at radius 3 is 2.65 bits per heavy atom. The lowest BCUT2D eigenvalue weighted by Crippen LogP contribution is -2.68. The zero-order valence-electron chi connectivity index (χ0n) is 15.4. The number of nitrogens with one attached hydrogen (secondary N) is 3. The molecule has 0 aromatic rings. The quantitative estimate of drug-likeness (QED) is 0.427. The molecule has 2 atom stereocenters. The highest BCUT2D eigenvalue weighted by atomic mass is 16.2. The minimum Gasteiger partial charge on any atom is -0.354 e. The van der Waals surface area contributed by atoms with Crippen LogP contribution in [-0.4, -0.2) is 84.4 Å². The zero-order chi connectivity index (χ0) is 19.3. The number of quaternary nitrogens is 1. The Kier molecular flexibility index (Phi) is 6.78. The number of piperazine rings is 1. The fourth-order valence-corrected chi connectivity index (χ4v) is 3.15. The maximum Gasteiger partial charge on any atom is 0.317 e. The van der Waals surface area contributed by atoms with Gasteiger partial charge in [0, 0.05) is 25.7 Å². The van der Waals surface area contributed by atoms with Crippen LogP contribution in [0.15, 0.2) is 0 Å². The SMILES string of the molecule is CC(C)NC(=O)N1CCN(C(=O)C[NH3+])[C@@H](C(=O)N[C@H]2CCCNC2=O)C1. The molecule has 2 aliphatic rings. The Hall–Kier alpha value is -2.36. The number of hydrogen-bond acceptors (Lipinski definition) is 4. The Labute approximate surface area is 152 Å². The molecule has 10 nitrogen and oxygen atoms in total. The van der Waals surface area contributed by atoms with Gasteiger partial charge in [0.05, 0.1) is 6.54 Å². The summed E-state index contributed by atoms with van der Waals surface area (Å²) in [4.78, 5) is 52.1. The summed E-state index contributed by atoms with van der Waals surface area (Å²) in [5, 5.41) is 8.23. The summed E-state index contributed by atoms with van der Waals surface area (Å²) in [6.45, 7) is 5.03. The van der Waals surface area contributed by atoms with Gasteiger partial charge < -0.3 is 31.5 Å². The van der Waals surface area contributed by atoms with Crippen LogP contribution in [0.25, 0.3) is 0 Å². The second-order valence-corrected chi connectivity index (χ2v) is 6.90. The van der Waals surface area contributed by atoms with Gasteiger partial charge in [-0.1, -0.05) is 0 Å². The number of amides is 5. The van der Waals surface area contributed by atoms with Gasteiger partial charge in [0.25, 0.3) is 5.91 Å². The lowest BCUT2D eigenvalue weighted by molar-refractivity contribution is -0.357. The van der Waals surface area contributed by atoms with E-state index in [2.05, 4.69) is 21.7 Å². The fraction of sp³-hybridized carbons (Fsp3) is 0.750. The second-order valence-electron chi connectivity index (χ2n) is 6.90. The molecule has 0 aromatic carbocycles. The standard InChI is InChI=1S/C16H28N6O4/c1-10(2)19-16(26)21-6-7-22(13(23)8-17)12(9-21)15(25)20-11-4-3-5-18-14(11)24/h10-12H,3-9,17H2,1-2H3,(H,18,24)(H,19,26)(H,20,25)/p+1/t11-,12+/m0/s1. The van der Waals surface area contributed by atoms with Crippen LogP contribution in [0.3, 0.4) is 0 Å². The summed E-state index contributed by atoms with van der Waals surface area (Å²) in [7, 11) is 0. The van der Waals surface area contributed by atoms with Crippen molar-refractivity contribution in [3.05, 3.63) is 0 Å². The zero-order valence-corrected chi connectivity index (χ0v) is 15.4. The molecule has 0 aromatic heterocycles. The molecule has 0 radical (unpaired) electrons. The highest BCUT2D eigenvalue weighted by Crippen LogP contribution is 2.12. The third-order valence-electron chi connectivity index (χ3n) is 4.52. The average molecular weight is 369 g/mol. The van der Waals surface area contributed by atoms with E-state index in [-0.39, 0.29) is 43.5 Å². The van der Waals surface area contributed by atoms with E-state index in [1.54, 1.807) is 0 Å². The molecule has 0 spiro atoms. The molecule has 0 saturated carbocycles. The average Bonchev–Trinajstić information content (AvgIpc) is 2.61. The molecule has 146 valence electrons. The molecular formula is C16H29N6O4+. The molecule has 2 aliphatic heterocycles. The first-order chi connectivity index (χ1) is 12.3. The molecule has 26 heavy (non-hydrogen) atoms. The van der Waals surface area contributed by atoms with Crippen LogP contribution in [0.5, 0.6) is 0 Å². The number of piperidine rings is 1. The Bertz CT molecular complexity index is 567. The summed E-state index contributed by atoms with van der Waals surface area (Å²) < 4.78 is 0. The molecule has 2 rings (SSSR count). The predicted molar refractivity (Wildman–Crippen MR) is 92.7 cm³/mol. The van der Waals surface area contributed by atoms with E-state index in [1.165, 1.54) is 9.80 Å². The van der Waals surface area contributed by atoms with Crippen LogP contribution in [0, 0.1) is 0 Å². The highest BCUT2D eigenvalue weighted by molar-refractivity contribution is 5.93. The molecule has 0 bridgehead atoms. The van der Waals surface area contributed by atoms with E-state index in [9.17, 15) is 19.2 Å². The molecular weight excluding hydrogens is 340 g/mol. The van der Waals surface area contributed by atoms with Crippen molar-refractivity contribution in [2.75, 3.05) is 32.7 Å². The lowest BCUT2D eigenvalue weighted by atomic mass is 10.1. The fourth-order valence-electron chi connectivity index (χ4n) is 3.15. The maximum atomic E-state index is 12.8. The van der Waals surface area contributed by atoms with Crippen LogP contribution in [0.2, 0.25) is 0 Å². The topological polar surface area (TPSA) is 138 Å². The monoisotopic (exact) mass is 369 g/mol. The first-order valence-corrected chi connectivity index (χ1v) is 9.05. The van der Waals surface area contributed by atoms with Gasteiger partial charge in [-0.25, -0.2) is 4.79 Å². The van der Waals surface area contributed by atoms with Gasteiger partial charge in [-0.2, -0.15) is 0 Å². The lowest BCUT2D eigenvalue weighted by Gasteiger charge is -2.40. The van der Waals surface area contributed by atoms with Crippen LogP contribution < -0.4 is 21.7 Å². The molecule has 10 heteroatoms. The van der Waals surface area contributed by atoms with Crippen molar-refractivity contribution in [2.45, 2.75) is 44.8 Å². The molecule has 2 fully saturated rings. The Balaban J connectivity index is 2.09. The molecule has 0 unspecified atom stereocenters. The van der Waals surface area contributed by atoms with Crippen LogP contribution in [0.4, 0.5) is 4.79 Å². The van der Waals surface area contributed by atoms with Crippen LogP contribution in [-0.2, 0) is 14.4 Å². The van der Waals surface area contributed by atoms with E-state index in [0.717, 1.165) is 6.42 Å². The third kappa shape index (κ3) is 4.84. The van der Waals surface area contributed by atoms with Gasteiger partial charge in [-0.15, -0.1) is 0 Å². The number of carbonyl (C=O) groups excluding carboxylic acids is 4. The Morgan fingerprint density at radius 1 is 1.31 bits per heavy atom. The number of urea groups is 1. The summed E-state index contributed by atoms with van der Waals surface area (Å²) in [5.41, 5.74) is 3.60. The van der Waals surface area contributed by atoms with Crippen molar-refractivity contribution in [2.24, 2.45) is 0 Å². The van der Waals surface area contributed by atoms with Gasteiger partial charge in [0.15, 0.2) is 6.54 Å². The summed E-state index contributed by atoms with van der Waals surface area (Å²) in [5.74, 6) is -0.886. The van der Waals surface area contributed by atoms with E-state index in [0.29, 0.717) is 19.5 Å². The first-order valence-electron chi connectivity index (χ1n) is 9.05. The minimum atomic E-state index is -0.828. The van der Waals surface area contributed by atoms with Crippen LogP contribution in [0.1, 0.15) is 26.7 Å². The van der Waals surface area contributed by atoms with Gasteiger partial charge in [0.1, 0.15) is 12.1 Å². The van der Waals surface area contributed by atoms with E-state index < -0.39 is 18.0 Å². The molecule has 6 N–H and O–H groups in total. The van der Waals surface area contributed by atoms with Crippen molar-refractivity contribution in [1.29, 1.82) is 0 Å². The van der Waals surface area contributed by atoms with Crippen molar-refractivity contribution in [1.82, 2.24) is 25.8 Å². The van der Waals surface area contributed by atoms with Gasteiger partial charge in [-0.3, -0.25) is 14.4 Å². The maximum absolute atomic E-state index is 12.8. The number of rotatable bonds is 4. The van der Waals surface area contributed by atoms with E-state index in [4.69, 9.17) is 0 Å². The summed E-state index contributed by atoms with van der Waals surface area (Å²) >= 11 is 0. The normalized spacial score (nSPS) is 23.5. The van der Waals surface area contributed by atoms with Crippen molar-refractivity contribution in [3.63, 3.8) is 0 Å². The van der Waals surface area contributed by atoms with Crippen molar-refractivity contribution >= 4 is 23.8 Å². The van der Waals surface area contributed by atoms with Crippen molar-refractivity contribution in [3.8, 4) is 0 Å². The predicted octanol–water partition coefficient (Wildman–Crippen LogP) is -2.75. The number of hydrogen-bond donors (Lipinski definition) is 4. The van der Waals surface area contributed by atoms with Gasteiger partial charge >= 0.3 is 6.03 Å². The van der Waals surface area contributed by atoms with Crippen molar-refractivity contribution < 1.29 is 24.9 Å².